The van der Waals surface area contributed by atoms with Crippen molar-refractivity contribution in [1.29, 1.82) is 0 Å². The molecule has 0 radical (unpaired) electrons. The zero-order chi connectivity index (χ0) is 17.2. The second-order valence-electron chi connectivity index (χ2n) is 4.76. The number of carbonyl (C=O) groups is 1. The van der Waals surface area contributed by atoms with E-state index in [-0.39, 0.29) is 16.8 Å². The topological polar surface area (TPSA) is 85.8 Å². The first kappa shape index (κ1) is 17.1. The molecule has 0 atom stereocenters. The number of aryl methyl sites for hydroxylation is 1. The highest BCUT2D eigenvalue weighted by Gasteiger charge is 2.38. The fraction of sp³-hybridized carbons (Fsp3) is 0.308. The summed E-state index contributed by atoms with van der Waals surface area (Å²) in [4.78, 5) is 11.9. The Hall–Kier alpha value is -2.23. The molecule has 1 heterocycles. The minimum absolute atomic E-state index is 0.138. The molecule has 2 rings (SSSR count). The van der Waals surface area contributed by atoms with Crippen molar-refractivity contribution in [2.45, 2.75) is 25.2 Å². The van der Waals surface area contributed by atoms with E-state index >= 15 is 0 Å². The van der Waals surface area contributed by atoms with Gasteiger partial charge in [0, 0.05) is 5.69 Å². The van der Waals surface area contributed by atoms with E-state index in [0.29, 0.717) is 10.4 Å². The molecule has 3 N–H and O–H groups in total. The Morgan fingerprint density at radius 3 is 2.65 bits per heavy atom. The van der Waals surface area contributed by atoms with Crippen LogP contribution in [0.1, 0.15) is 17.0 Å². The number of rotatable bonds is 4. The van der Waals surface area contributed by atoms with E-state index in [1.807, 2.05) is 19.9 Å². The van der Waals surface area contributed by atoms with E-state index in [9.17, 15) is 18.0 Å². The number of nitrogens with zero attached hydrogens (tertiary/aromatic N) is 3. The number of anilines is 1. The molecule has 0 fully saturated rings. The molecule has 0 unspecified atom stereocenters. The van der Waals surface area contributed by atoms with E-state index in [1.165, 1.54) is 0 Å². The number of hydrogen-bond donors (Lipinski definition) is 2. The van der Waals surface area contributed by atoms with E-state index in [2.05, 4.69) is 15.5 Å². The molecule has 0 bridgehead atoms. The summed E-state index contributed by atoms with van der Waals surface area (Å²) in [5.41, 5.74) is 2.60. The lowest BCUT2D eigenvalue weighted by atomic mass is 10.1. The molecule has 0 saturated heterocycles. The smallest absolute Gasteiger partial charge is 0.335 e. The van der Waals surface area contributed by atoms with Crippen LogP contribution >= 0.6 is 11.8 Å². The van der Waals surface area contributed by atoms with Crippen molar-refractivity contribution in [2.24, 2.45) is 0 Å². The lowest BCUT2D eigenvalue weighted by Crippen LogP contribution is -2.22. The van der Waals surface area contributed by atoms with E-state index in [0.717, 1.165) is 22.9 Å². The van der Waals surface area contributed by atoms with Crippen LogP contribution in [0, 0.1) is 13.8 Å². The van der Waals surface area contributed by atoms with Gasteiger partial charge in [0.15, 0.2) is 0 Å². The van der Waals surface area contributed by atoms with Crippen molar-refractivity contribution < 1.29 is 18.0 Å². The number of hydrogen-bond acceptors (Lipinski definition) is 5. The molecule has 1 aromatic carbocycles. The van der Waals surface area contributed by atoms with Crippen LogP contribution in [0.4, 0.5) is 18.9 Å². The van der Waals surface area contributed by atoms with Crippen LogP contribution < -0.4 is 11.2 Å². The highest BCUT2D eigenvalue weighted by atomic mass is 32.2. The number of nitrogens with two attached hydrogens (primary N) is 1. The third-order valence-electron chi connectivity index (χ3n) is 3.13. The number of amides is 1. The number of aromatic nitrogens is 3. The average molecular weight is 345 g/mol. The van der Waals surface area contributed by atoms with Gasteiger partial charge in [0.1, 0.15) is 0 Å². The Morgan fingerprint density at radius 2 is 2.04 bits per heavy atom. The fourth-order valence-electron chi connectivity index (χ4n) is 1.77. The molecule has 0 saturated carbocycles. The number of benzene rings is 1. The van der Waals surface area contributed by atoms with Crippen molar-refractivity contribution in [3.63, 3.8) is 0 Å². The number of halogens is 3. The second-order valence-corrected chi connectivity index (χ2v) is 5.70. The van der Waals surface area contributed by atoms with Gasteiger partial charge in [-0.3, -0.25) is 4.79 Å². The molecular formula is C13H14F3N5OS. The first-order valence-corrected chi connectivity index (χ1v) is 7.45. The fourth-order valence-corrected chi connectivity index (χ4v) is 2.43. The molecule has 23 heavy (non-hydrogen) atoms. The van der Waals surface area contributed by atoms with Crippen LogP contribution in [0.25, 0.3) is 0 Å². The van der Waals surface area contributed by atoms with Gasteiger partial charge in [0.05, 0.1) is 5.75 Å². The van der Waals surface area contributed by atoms with Gasteiger partial charge in [0.2, 0.25) is 11.1 Å². The largest absolute Gasteiger partial charge is 0.453 e. The van der Waals surface area contributed by atoms with Crippen molar-refractivity contribution in [1.82, 2.24) is 14.9 Å². The Kier molecular flexibility index (Phi) is 4.83. The number of nitrogens with one attached hydrogen (secondary N) is 1. The van der Waals surface area contributed by atoms with Crippen LogP contribution in [0.3, 0.4) is 0 Å². The summed E-state index contributed by atoms with van der Waals surface area (Å²) in [5, 5.41) is 8.84. The summed E-state index contributed by atoms with van der Waals surface area (Å²) >= 11 is 0.774. The third kappa shape index (κ3) is 3.95. The van der Waals surface area contributed by atoms with E-state index in [1.54, 1.807) is 12.1 Å². The maximum Gasteiger partial charge on any atom is 0.453 e. The van der Waals surface area contributed by atoms with Gasteiger partial charge in [0.25, 0.3) is 5.82 Å². The zero-order valence-electron chi connectivity index (χ0n) is 12.3. The number of alkyl halides is 3. The number of thioether (sulfide) groups is 1. The predicted molar refractivity (Wildman–Crippen MR) is 80.4 cm³/mol. The summed E-state index contributed by atoms with van der Waals surface area (Å²) in [6.07, 6.45) is -4.69. The molecule has 6 nitrogen and oxygen atoms in total. The van der Waals surface area contributed by atoms with Crippen LogP contribution in [-0.4, -0.2) is 26.5 Å². The summed E-state index contributed by atoms with van der Waals surface area (Å²) in [6, 6.07) is 5.46. The molecule has 1 amide bonds. The van der Waals surface area contributed by atoms with Crippen LogP contribution in [0.5, 0.6) is 0 Å². The summed E-state index contributed by atoms with van der Waals surface area (Å²) in [5.74, 6) is 3.47. The maximum atomic E-state index is 12.5. The highest BCUT2D eigenvalue weighted by molar-refractivity contribution is 7.99. The van der Waals surface area contributed by atoms with Crippen molar-refractivity contribution in [2.75, 3.05) is 16.9 Å². The van der Waals surface area contributed by atoms with Gasteiger partial charge in [-0.2, -0.15) is 13.2 Å². The Morgan fingerprint density at radius 1 is 1.35 bits per heavy atom. The first-order valence-electron chi connectivity index (χ1n) is 6.46. The number of nitrogen functional groups attached to an aromatic ring is 1. The molecule has 10 heteroatoms. The first-order chi connectivity index (χ1) is 10.7. The van der Waals surface area contributed by atoms with Crippen LogP contribution in [-0.2, 0) is 11.0 Å². The van der Waals surface area contributed by atoms with E-state index in [4.69, 9.17) is 5.84 Å². The minimum atomic E-state index is -4.69. The Bertz CT molecular complexity index is 729. The Labute approximate surface area is 134 Å². The molecular weight excluding hydrogens is 331 g/mol. The van der Waals surface area contributed by atoms with Gasteiger partial charge < -0.3 is 11.2 Å². The third-order valence-corrected chi connectivity index (χ3v) is 4.07. The molecule has 1 aromatic heterocycles. The maximum absolute atomic E-state index is 12.5. The quantitative estimate of drug-likeness (QED) is 0.656. The van der Waals surface area contributed by atoms with Gasteiger partial charge in [-0.05, 0) is 31.0 Å². The second kappa shape index (κ2) is 6.49. The SMILES string of the molecule is Cc1cccc(NC(=O)CSc2nnc(C(F)(F)F)n2N)c1C. The summed E-state index contributed by atoms with van der Waals surface area (Å²) in [6.45, 7) is 3.78. The van der Waals surface area contributed by atoms with Gasteiger partial charge in [-0.15, -0.1) is 10.2 Å². The van der Waals surface area contributed by atoms with Crippen molar-refractivity contribution in [3.05, 3.63) is 35.2 Å². The van der Waals surface area contributed by atoms with Crippen molar-refractivity contribution >= 4 is 23.4 Å². The number of carbonyl (C=O) groups excluding carboxylic acids is 1. The normalized spacial score (nSPS) is 11.5. The Balaban J connectivity index is 2.00. The van der Waals surface area contributed by atoms with Crippen molar-refractivity contribution in [3.8, 4) is 0 Å². The predicted octanol–water partition coefficient (Wildman–Crippen LogP) is 2.36. The lowest BCUT2D eigenvalue weighted by molar-refractivity contribution is -0.146. The average Bonchev–Trinajstić information content (AvgIpc) is 2.83. The van der Waals surface area contributed by atoms with Gasteiger partial charge in [-0.25, -0.2) is 4.68 Å². The summed E-state index contributed by atoms with van der Waals surface area (Å²) < 4.78 is 37.9. The van der Waals surface area contributed by atoms with Gasteiger partial charge >= 0.3 is 6.18 Å². The molecule has 124 valence electrons. The molecule has 2 aromatic rings. The zero-order valence-corrected chi connectivity index (χ0v) is 13.1. The molecule has 0 spiro atoms. The van der Waals surface area contributed by atoms with E-state index < -0.39 is 12.0 Å². The highest BCUT2D eigenvalue weighted by Crippen LogP contribution is 2.29. The van der Waals surface area contributed by atoms with Gasteiger partial charge in [-0.1, -0.05) is 23.9 Å². The molecule has 0 aliphatic carbocycles. The van der Waals surface area contributed by atoms with Crippen LogP contribution in [0.2, 0.25) is 0 Å². The molecule has 0 aliphatic heterocycles. The summed E-state index contributed by atoms with van der Waals surface area (Å²) in [7, 11) is 0. The monoisotopic (exact) mass is 345 g/mol. The van der Waals surface area contributed by atoms with Crippen LogP contribution in [0.15, 0.2) is 23.4 Å². The lowest BCUT2D eigenvalue weighted by Gasteiger charge is -2.10. The minimum Gasteiger partial charge on any atom is -0.335 e. The molecule has 0 aliphatic rings. The standard InChI is InChI=1S/C13H14F3N5OS/c1-7-4-3-5-9(8(7)2)18-10(22)6-23-12-20-19-11(21(12)17)13(14,15)16/h3-5H,6,17H2,1-2H3,(H,18,22).